The van der Waals surface area contributed by atoms with Crippen molar-refractivity contribution < 1.29 is 4.79 Å². The summed E-state index contributed by atoms with van der Waals surface area (Å²) in [5.41, 5.74) is 3.43. The number of fused-ring (bicyclic) bond motifs is 1. The Kier molecular flexibility index (Phi) is 6.19. The Labute approximate surface area is 156 Å². The van der Waals surface area contributed by atoms with Gasteiger partial charge >= 0.3 is 0 Å². The van der Waals surface area contributed by atoms with Crippen LogP contribution in [0, 0.1) is 0 Å². The van der Waals surface area contributed by atoms with E-state index < -0.39 is 0 Å². The van der Waals surface area contributed by atoms with Crippen LogP contribution in [0.5, 0.6) is 0 Å². The van der Waals surface area contributed by atoms with E-state index in [1.165, 1.54) is 11.1 Å². The maximum Gasteiger partial charge on any atom is 0.164 e. The van der Waals surface area contributed by atoms with Gasteiger partial charge in [-0.3, -0.25) is 4.79 Å². The second kappa shape index (κ2) is 8.77. The monoisotopic (exact) mass is 345 g/mol. The number of aryl methyl sites for hydroxylation is 1. The minimum absolute atomic E-state index is 0.225. The normalized spacial score (nSPS) is 12.2. The van der Waals surface area contributed by atoms with Gasteiger partial charge in [-0.25, -0.2) is 0 Å². The lowest BCUT2D eigenvalue weighted by Gasteiger charge is -2.18. The lowest BCUT2D eigenvalue weighted by molar-refractivity contribution is 0.0974. The standard InChI is InChI=1S/C24H27NO/c1-3-18-11-13-19(14-12-18)21(15-16-25-2)17-24(26)23-10-6-8-20-7-4-5-9-22(20)23/h4-14,21,25H,3,15-17H2,1-2H3. The van der Waals surface area contributed by atoms with Crippen molar-refractivity contribution in [2.45, 2.75) is 32.1 Å². The quantitative estimate of drug-likeness (QED) is 0.556. The van der Waals surface area contributed by atoms with E-state index in [0.717, 1.165) is 35.7 Å². The van der Waals surface area contributed by atoms with Crippen LogP contribution < -0.4 is 5.32 Å². The fourth-order valence-electron chi connectivity index (χ4n) is 3.53. The molecule has 0 saturated carbocycles. The third-order valence-electron chi connectivity index (χ3n) is 5.12. The summed E-state index contributed by atoms with van der Waals surface area (Å²) >= 11 is 0. The molecule has 0 spiro atoms. The Morgan fingerprint density at radius 1 is 0.962 bits per heavy atom. The Bertz CT molecular complexity index is 862. The second-order valence-electron chi connectivity index (χ2n) is 6.84. The molecule has 1 N–H and O–H groups in total. The number of hydrogen-bond acceptors (Lipinski definition) is 2. The molecule has 1 unspecified atom stereocenters. The van der Waals surface area contributed by atoms with Gasteiger partial charge < -0.3 is 5.32 Å². The van der Waals surface area contributed by atoms with E-state index >= 15 is 0 Å². The van der Waals surface area contributed by atoms with Crippen LogP contribution in [0.1, 0.15) is 47.2 Å². The summed E-state index contributed by atoms with van der Waals surface area (Å²) in [7, 11) is 1.96. The van der Waals surface area contributed by atoms with Gasteiger partial charge in [-0.05, 0) is 54.3 Å². The Hall–Kier alpha value is -2.45. The van der Waals surface area contributed by atoms with E-state index in [1.807, 2.05) is 37.4 Å². The zero-order chi connectivity index (χ0) is 18.4. The number of benzene rings is 3. The molecule has 134 valence electrons. The summed E-state index contributed by atoms with van der Waals surface area (Å²) < 4.78 is 0. The van der Waals surface area contributed by atoms with Crippen molar-refractivity contribution >= 4 is 16.6 Å². The summed E-state index contributed by atoms with van der Waals surface area (Å²) in [6, 6.07) is 22.9. The molecule has 1 atom stereocenters. The minimum atomic E-state index is 0.225. The maximum atomic E-state index is 13.1. The lowest BCUT2D eigenvalue weighted by Crippen LogP contribution is -2.15. The predicted molar refractivity (Wildman–Crippen MR) is 110 cm³/mol. The van der Waals surface area contributed by atoms with Crippen LogP contribution in [0.2, 0.25) is 0 Å². The van der Waals surface area contributed by atoms with Crippen LogP contribution in [-0.4, -0.2) is 19.4 Å². The number of Topliss-reactive ketones (excluding diaryl/α,β-unsaturated/α-hetero) is 1. The highest BCUT2D eigenvalue weighted by atomic mass is 16.1. The molecule has 0 aliphatic rings. The first-order chi connectivity index (χ1) is 12.7. The van der Waals surface area contributed by atoms with E-state index in [1.54, 1.807) is 0 Å². The number of hydrogen-bond donors (Lipinski definition) is 1. The second-order valence-corrected chi connectivity index (χ2v) is 6.84. The zero-order valence-electron chi connectivity index (χ0n) is 15.7. The molecular formula is C24H27NO. The lowest BCUT2D eigenvalue weighted by atomic mass is 9.87. The maximum absolute atomic E-state index is 13.1. The van der Waals surface area contributed by atoms with Crippen molar-refractivity contribution in [1.82, 2.24) is 5.32 Å². The first kappa shape index (κ1) is 18.3. The van der Waals surface area contributed by atoms with Crippen LogP contribution >= 0.6 is 0 Å². The summed E-state index contributed by atoms with van der Waals surface area (Å²) in [6.07, 6.45) is 2.54. The average molecular weight is 345 g/mol. The van der Waals surface area contributed by atoms with Gasteiger partial charge in [-0.2, -0.15) is 0 Å². The molecule has 3 rings (SSSR count). The molecule has 26 heavy (non-hydrogen) atoms. The largest absolute Gasteiger partial charge is 0.320 e. The third-order valence-corrected chi connectivity index (χ3v) is 5.12. The third kappa shape index (κ3) is 4.20. The smallest absolute Gasteiger partial charge is 0.164 e. The molecule has 3 aromatic rings. The molecule has 3 aromatic carbocycles. The molecule has 0 aliphatic carbocycles. The number of carbonyl (C=O) groups is 1. The Balaban J connectivity index is 1.86. The topological polar surface area (TPSA) is 29.1 Å². The van der Waals surface area contributed by atoms with Gasteiger partial charge in [0.05, 0.1) is 0 Å². The van der Waals surface area contributed by atoms with Gasteiger partial charge in [0.15, 0.2) is 5.78 Å². The van der Waals surface area contributed by atoms with Crippen molar-refractivity contribution in [1.29, 1.82) is 0 Å². The fraction of sp³-hybridized carbons (Fsp3) is 0.292. The van der Waals surface area contributed by atoms with Crippen molar-refractivity contribution in [2.75, 3.05) is 13.6 Å². The summed E-state index contributed by atoms with van der Waals surface area (Å²) in [5.74, 6) is 0.460. The van der Waals surface area contributed by atoms with E-state index in [4.69, 9.17) is 0 Å². The highest BCUT2D eigenvalue weighted by Crippen LogP contribution is 2.28. The van der Waals surface area contributed by atoms with Gasteiger partial charge in [0, 0.05) is 12.0 Å². The van der Waals surface area contributed by atoms with Crippen molar-refractivity contribution in [3.63, 3.8) is 0 Å². The number of nitrogens with one attached hydrogen (secondary N) is 1. The minimum Gasteiger partial charge on any atom is -0.320 e. The SMILES string of the molecule is CCc1ccc(C(CCNC)CC(=O)c2cccc3ccccc23)cc1. The summed E-state index contributed by atoms with van der Waals surface area (Å²) in [6.45, 7) is 3.07. The molecular weight excluding hydrogens is 318 g/mol. The van der Waals surface area contributed by atoms with E-state index in [9.17, 15) is 4.79 Å². The molecule has 0 radical (unpaired) electrons. The van der Waals surface area contributed by atoms with Crippen molar-refractivity contribution in [3.8, 4) is 0 Å². The van der Waals surface area contributed by atoms with E-state index in [2.05, 4.69) is 48.6 Å². The average Bonchev–Trinajstić information content (AvgIpc) is 2.70. The Morgan fingerprint density at radius 3 is 2.42 bits per heavy atom. The molecule has 0 aliphatic heterocycles. The Morgan fingerprint density at radius 2 is 1.69 bits per heavy atom. The molecule has 2 heteroatoms. The van der Waals surface area contributed by atoms with Crippen LogP contribution in [0.3, 0.4) is 0 Å². The van der Waals surface area contributed by atoms with Gasteiger partial charge in [-0.1, -0.05) is 73.7 Å². The first-order valence-corrected chi connectivity index (χ1v) is 9.47. The summed E-state index contributed by atoms with van der Waals surface area (Å²) in [5, 5.41) is 5.39. The van der Waals surface area contributed by atoms with Gasteiger partial charge in [0.1, 0.15) is 0 Å². The number of carbonyl (C=O) groups excluding carboxylic acids is 1. The van der Waals surface area contributed by atoms with Crippen LogP contribution in [0.25, 0.3) is 10.8 Å². The molecule has 2 nitrogen and oxygen atoms in total. The van der Waals surface area contributed by atoms with Crippen LogP contribution in [-0.2, 0) is 6.42 Å². The summed E-state index contributed by atoms with van der Waals surface area (Å²) in [4.78, 5) is 13.1. The first-order valence-electron chi connectivity index (χ1n) is 9.47. The van der Waals surface area contributed by atoms with E-state index in [-0.39, 0.29) is 11.7 Å². The van der Waals surface area contributed by atoms with Gasteiger partial charge in [-0.15, -0.1) is 0 Å². The molecule has 0 bridgehead atoms. The zero-order valence-corrected chi connectivity index (χ0v) is 15.7. The number of ketones is 1. The highest BCUT2D eigenvalue weighted by Gasteiger charge is 2.18. The van der Waals surface area contributed by atoms with Gasteiger partial charge in [0.2, 0.25) is 0 Å². The molecule has 0 saturated heterocycles. The molecule has 0 fully saturated rings. The van der Waals surface area contributed by atoms with Crippen molar-refractivity contribution in [3.05, 3.63) is 83.4 Å². The van der Waals surface area contributed by atoms with Crippen LogP contribution in [0.15, 0.2) is 66.7 Å². The highest BCUT2D eigenvalue weighted by molar-refractivity contribution is 6.08. The van der Waals surface area contributed by atoms with E-state index in [0.29, 0.717) is 6.42 Å². The molecule has 0 aromatic heterocycles. The predicted octanol–water partition coefficient (Wildman–Crippen LogP) is 5.37. The fourth-order valence-corrected chi connectivity index (χ4v) is 3.53. The van der Waals surface area contributed by atoms with Crippen molar-refractivity contribution in [2.24, 2.45) is 0 Å². The van der Waals surface area contributed by atoms with Gasteiger partial charge in [0.25, 0.3) is 0 Å². The molecule has 0 heterocycles. The van der Waals surface area contributed by atoms with Crippen LogP contribution in [0.4, 0.5) is 0 Å². The number of rotatable bonds is 8. The molecule has 0 amide bonds.